The van der Waals surface area contributed by atoms with E-state index in [0.717, 1.165) is 25.3 Å². The van der Waals surface area contributed by atoms with Crippen molar-refractivity contribution >= 4 is 27.7 Å². The van der Waals surface area contributed by atoms with Crippen LogP contribution in [-0.4, -0.2) is 25.1 Å². The molecule has 0 amide bonds. The van der Waals surface area contributed by atoms with Gasteiger partial charge in [0.15, 0.2) is 0 Å². The Kier molecular flexibility index (Phi) is 2.41. The van der Waals surface area contributed by atoms with Crippen molar-refractivity contribution in [3.63, 3.8) is 0 Å². The van der Waals surface area contributed by atoms with Crippen LogP contribution in [0.2, 0.25) is 0 Å². The first kappa shape index (κ1) is 10.1. The lowest BCUT2D eigenvalue weighted by Gasteiger charge is -2.23. The van der Waals surface area contributed by atoms with Crippen molar-refractivity contribution in [2.75, 3.05) is 0 Å². The molecular weight excluding hydrogens is 226 g/mol. The van der Waals surface area contributed by atoms with Crippen molar-refractivity contribution in [3.8, 4) is 0 Å². The van der Waals surface area contributed by atoms with Gasteiger partial charge in [0.2, 0.25) is 0 Å². The third-order valence-electron chi connectivity index (χ3n) is 3.25. The SMILES string of the molecule is O=C=NS(=O)(=O)C1C2CCC(C2)C1Cl. The Morgan fingerprint density at radius 3 is 2.43 bits per heavy atom. The van der Waals surface area contributed by atoms with Crippen molar-refractivity contribution in [3.05, 3.63) is 0 Å². The highest BCUT2D eigenvalue weighted by molar-refractivity contribution is 7.91. The molecule has 0 aromatic heterocycles. The van der Waals surface area contributed by atoms with Gasteiger partial charge in [-0.1, -0.05) is 4.40 Å². The molecule has 78 valence electrons. The second-order valence-electron chi connectivity index (χ2n) is 3.94. The fraction of sp³-hybridized carbons (Fsp3) is 0.875. The monoisotopic (exact) mass is 235 g/mol. The number of sulfonamides is 1. The average Bonchev–Trinajstić information content (AvgIpc) is 2.62. The quantitative estimate of drug-likeness (QED) is 0.408. The van der Waals surface area contributed by atoms with Gasteiger partial charge in [0.05, 0.1) is 5.38 Å². The Morgan fingerprint density at radius 2 is 1.93 bits per heavy atom. The van der Waals surface area contributed by atoms with Gasteiger partial charge >= 0.3 is 0 Å². The maximum absolute atomic E-state index is 11.5. The third-order valence-corrected chi connectivity index (χ3v) is 5.72. The van der Waals surface area contributed by atoms with Crippen molar-refractivity contribution in [1.29, 1.82) is 0 Å². The second kappa shape index (κ2) is 3.33. The summed E-state index contributed by atoms with van der Waals surface area (Å²) in [6, 6.07) is 0. The van der Waals surface area contributed by atoms with Crippen LogP contribution in [0.15, 0.2) is 4.40 Å². The molecule has 2 aliphatic rings. The molecule has 0 aromatic carbocycles. The summed E-state index contributed by atoms with van der Waals surface area (Å²) in [4.78, 5) is 9.98. The predicted molar refractivity (Wildman–Crippen MR) is 51.3 cm³/mol. The number of carbonyl (C=O) groups excluding carboxylic acids is 1. The molecule has 0 aromatic rings. The van der Waals surface area contributed by atoms with E-state index in [4.69, 9.17) is 11.6 Å². The molecule has 0 spiro atoms. The highest BCUT2D eigenvalue weighted by Crippen LogP contribution is 2.50. The summed E-state index contributed by atoms with van der Waals surface area (Å²) in [5.74, 6) is 0.368. The fourth-order valence-electron chi connectivity index (χ4n) is 2.69. The zero-order valence-electron chi connectivity index (χ0n) is 7.39. The number of hydrogen-bond donors (Lipinski definition) is 0. The first-order chi connectivity index (χ1) is 6.56. The Hall–Kier alpha value is -0.380. The van der Waals surface area contributed by atoms with E-state index < -0.39 is 15.3 Å². The van der Waals surface area contributed by atoms with E-state index >= 15 is 0 Å². The molecule has 2 bridgehead atoms. The molecule has 6 heteroatoms. The zero-order valence-corrected chi connectivity index (χ0v) is 8.96. The minimum Gasteiger partial charge on any atom is -0.210 e. The lowest BCUT2D eigenvalue weighted by Crippen LogP contribution is -2.34. The van der Waals surface area contributed by atoms with Gasteiger partial charge < -0.3 is 0 Å². The van der Waals surface area contributed by atoms with Crippen LogP contribution in [0.25, 0.3) is 0 Å². The number of rotatable bonds is 2. The van der Waals surface area contributed by atoms with Crippen LogP contribution >= 0.6 is 11.6 Å². The van der Waals surface area contributed by atoms with Crippen LogP contribution in [0, 0.1) is 11.8 Å². The average molecular weight is 236 g/mol. The molecule has 4 nitrogen and oxygen atoms in total. The van der Waals surface area contributed by atoms with Crippen molar-refractivity contribution in [1.82, 2.24) is 0 Å². The molecule has 0 N–H and O–H groups in total. The number of hydrogen-bond acceptors (Lipinski definition) is 3. The number of nitrogens with zero attached hydrogens (tertiary/aromatic N) is 1. The standard InChI is InChI=1S/C8H10ClNO3S/c9-7-5-1-2-6(3-5)8(7)14(12,13)10-4-11/h5-8H,1-3H2. The van der Waals surface area contributed by atoms with Gasteiger partial charge in [-0.3, -0.25) is 0 Å². The van der Waals surface area contributed by atoms with Gasteiger partial charge in [0.25, 0.3) is 16.1 Å². The van der Waals surface area contributed by atoms with Crippen LogP contribution in [0.4, 0.5) is 0 Å². The minimum absolute atomic E-state index is 0.0876. The molecule has 0 saturated heterocycles. The van der Waals surface area contributed by atoms with Gasteiger partial charge in [-0.15, -0.1) is 11.6 Å². The van der Waals surface area contributed by atoms with Gasteiger partial charge in [0, 0.05) is 0 Å². The van der Waals surface area contributed by atoms with E-state index in [9.17, 15) is 13.2 Å². The molecule has 2 fully saturated rings. The molecule has 14 heavy (non-hydrogen) atoms. The van der Waals surface area contributed by atoms with Gasteiger partial charge in [-0.2, -0.15) is 0 Å². The molecule has 0 heterocycles. The molecule has 2 aliphatic carbocycles. The molecule has 0 aliphatic heterocycles. The topological polar surface area (TPSA) is 63.6 Å². The van der Waals surface area contributed by atoms with Gasteiger partial charge in [0.1, 0.15) is 5.25 Å². The zero-order chi connectivity index (χ0) is 10.3. The number of alkyl halides is 1. The summed E-state index contributed by atoms with van der Waals surface area (Å²) in [6.45, 7) is 0. The van der Waals surface area contributed by atoms with Crippen LogP contribution in [0.1, 0.15) is 19.3 Å². The first-order valence-corrected chi connectivity index (χ1v) is 6.47. The Labute approximate surface area is 87.4 Å². The highest BCUT2D eigenvalue weighted by Gasteiger charge is 2.52. The number of isocyanates is 1. The minimum atomic E-state index is -3.72. The van der Waals surface area contributed by atoms with E-state index in [1.54, 1.807) is 0 Å². The van der Waals surface area contributed by atoms with Gasteiger partial charge in [-0.25, -0.2) is 13.2 Å². The Balaban J connectivity index is 2.32. The molecule has 0 radical (unpaired) electrons. The van der Waals surface area contributed by atoms with Crippen molar-refractivity contribution in [2.45, 2.75) is 29.9 Å². The summed E-state index contributed by atoms with van der Waals surface area (Å²) < 4.78 is 25.9. The van der Waals surface area contributed by atoms with E-state index in [1.807, 2.05) is 0 Å². The van der Waals surface area contributed by atoms with Gasteiger partial charge in [-0.05, 0) is 31.1 Å². The Morgan fingerprint density at radius 1 is 1.29 bits per heavy atom. The summed E-state index contributed by atoms with van der Waals surface area (Å²) in [5, 5.41) is -1.04. The van der Waals surface area contributed by atoms with Crippen LogP contribution in [0.3, 0.4) is 0 Å². The lowest BCUT2D eigenvalue weighted by atomic mass is 10.00. The molecule has 2 rings (SSSR count). The van der Waals surface area contributed by atoms with E-state index in [1.165, 1.54) is 0 Å². The third kappa shape index (κ3) is 1.40. The summed E-state index contributed by atoms with van der Waals surface area (Å²) >= 11 is 6.03. The molecule has 2 saturated carbocycles. The summed E-state index contributed by atoms with van der Waals surface area (Å²) in [6.07, 6.45) is 3.82. The first-order valence-electron chi connectivity index (χ1n) is 4.53. The van der Waals surface area contributed by atoms with Crippen LogP contribution < -0.4 is 0 Å². The molecule has 4 unspecified atom stereocenters. The fourth-order valence-corrected chi connectivity index (χ4v) is 5.02. The van der Waals surface area contributed by atoms with Crippen LogP contribution in [-0.2, 0) is 14.8 Å². The summed E-state index contributed by atoms with van der Waals surface area (Å²) in [5.41, 5.74) is 0. The smallest absolute Gasteiger partial charge is 0.210 e. The predicted octanol–water partition coefficient (Wildman–Crippen LogP) is 1.06. The van der Waals surface area contributed by atoms with E-state index in [0.29, 0.717) is 0 Å². The van der Waals surface area contributed by atoms with Crippen molar-refractivity contribution in [2.24, 2.45) is 16.2 Å². The van der Waals surface area contributed by atoms with E-state index in [-0.39, 0.29) is 17.2 Å². The van der Waals surface area contributed by atoms with E-state index in [2.05, 4.69) is 4.40 Å². The van der Waals surface area contributed by atoms with Crippen LogP contribution in [0.5, 0.6) is 0 Å². The summed E-state index contributed by atoms with van der Waals surface area (Å²) in [7, 11) is -3.72. The number of fused-ring (bicyclic) bond motifs is 2. The Bertz CT molecular complexity index is 385. The molecule has 4 atom stereocenters. The largest absolute Gasteiger partial charge is 0.268 e. The maximum Gasteiger partial charge on any atom is 0.268 e. The normalized spacial score (nSPS) is 40.9. The number of halogens is 1. The second-order valence-corrected chi connectivity index (χ2v) is 6.20. The highest BCUT2D eigenvalue weighted by atomic mass is 35.5. The van der Waals surface area contributed by atoms with Crippen molar-refractivity contribution < 1.29 is 13.2 Å². The molecular formula is C8H10ClNO3S. The maximum atomic E-state index is 11.5. The lowest BCUT2D eigenvalue weighted by molar-refractivity contribution is 0.470.